The van der Waals surface area contributed by atoms with Crippen LogP contribution < -0.4 is 10.6 Å². The molecule has 1 aliphatic heterocycles. The van der Waals surface area contributed by atoms with Crippen molar-refractivity contribution in [1.82, 2.24) is 20.4 Å². The zero-order valence-corrected chi connectivity index (χ0v) is 16.2. The molecule has 2 atom stereocenters. The number of hydrogen-bond acceptors (Lipinski definition) is 3. The van der Waals surface area contributed by atoms with Gasteiger partial charge in [-0.1, -0.05) is 20.8 Å². The van der Waals surface area contributed by atoms with Gasteiger partial charge >= 0.3 is 0 Å². The number of aliphatic imine (C=N–C) groups is 1. The molecule has 136 valence electrons. The maximum atomic E-state index is 4.39. The minimum absolute atomic E-state index is 0.499. The summed E-state index contributed by atoms with van der Waals surface area (Å²) in [6, 6.07) is 1.12. The minimum Gasteiger partial charge on any atom is -0.356 e. The van der Waals surface area contributed by atoms with E-state index in [0.717, 1.165) is 32.1 Å². The summed E-state index contributed by atoms with van der Waals surface area (Å²) < 4.78 is 0. The van der Waals surface area contributed by atoms with Gasteiger partial charge in [-0.2, -0.15) is 0 Å². The summed E-state index contributed by atoms with van der Waals surface area (Å²) in [5.74, 6) is 1.62. The van der Waals surface area contributed by atoms with Crippen molar-refractivity contribution in [3.63, 3.8) is 0 Å². The lowest BCUT2D eigenvalue weighted by molar-refractivity contribution is 0.265. The molecule has 2 N–H and O–H groups in total. The van der Waals surface area contributed by atoms with Crippen molar-refractivity contribution in [3.05, 3.63) is 0 Å². The quantitative estimate of drug-likeness (QED) is 0.387. The topological polar surface area (TPSA) is 42.9 Å². The Bertz CT molecular complexity index is 338. The van der Waals surface area contributed by atoms with Crippen LogP contribution in [0.5, 0.6) is 0 Å². The van der Waals surface area contributed by atoms with E-state index in [1.807, 2.05) is 7.05 Å². The Labute approximate surface area is 143 Å². The Kier molecular flexibility index (Phi) is 9.56. The SMILES string of the molecule is CCN(CC)CCCCNC(=NC)NC1CN(C(C)C)CC1C. The van der Waals surface area contributed by atoms with Crippen LogP contribution in [0.1, 0.15) is 47.5 Å². The van der Waals surface area contributed by atoms with Gasteiger partial charge in [-0.25, -0.2) is 0 Å². The first-order valence-electron chi connectivity index (χ1n) is 9.45. The monoisotopic (exact) mass is 325 g/mol. The third kappa shape index (κ3) is 7.08. The van der Waals surface area contributed by atoms with Gasteiger partial charge in [-0.3, -0.25) is 9.89 Å². The normalized spacial score (nSPS) is 23.0. The van der Waals surface area contributed by atoms with Gasteiger partial charge in [0.05, 0.1) is 0 Å². The second-order valence-electron chi connectivity index (χ2n) is 7.01. The van der Waals surface area contributed by atoms with Gasteiger partial charge in [-0.15, -0.1) is 0 Å². The van der Waals surface area contributed by atoms with Crippen LogP contribution >= 0.6 is 0 Å². The fraction of sp³-hybridized carbons (Fsp3) is 0.944. The predicted octanol–water partition coefficient (Wildman–Crippen LogP) is 2.00. The maximum absolute atomic E-state index is 4.39. The predicted molar refractivity (Wildman–Crippen MR) is 101 cm³/mol. The molecule has 0 amide bonds. The lowest BCUT2D eigenvalue weighted by atomic mass is 10.1. The number of hydrogen-bond donors (Lipinski definition) is 2. The van der Waals surface area contributed by atoms with Crippen molar-refractivity contribution >= 4 is 5.96 Å². The average molecular weight is 326 g/mol. The van der Waals surface area contributed by atoms with Crippen LogP contribution in [-0.4, -0.2) is 74.2 Å². The smallest absolute Gasteiger partial charge is 0.191 e. The highest BCUT2D eigenvalue weighted by Gasteiger charge is 2.31. The fourth-order valence-corrected chi connectivity index (χ4v) is 3.19. The molecule has 0 aromatic carbocycles. The summed E-state index contributed by atoms with van der Waals surface area (Å²) >= 11 is 0. The van der Waals surface area contributed by atoms with Gasteiger partial charge in [0.1, 0.15) is 0 Å². The largest absolute Gasteiger partial charge is 0.356 e. The third-order valence-corrected chi connectivity index (χ3v) is 5.00. The highest BCUT2D eigenvalue weighted by molar-refractivity contribution is 5.80. The Hall–Kier alpha value is -0.810. The Morgan fingerprint density at radius 2 is 1.91 bits per heavy atom. The van der Waals surface area contributed by atoms with E-state index in [1.54, 1.807) is 0 Å². The lowest BCUT2D eigenvalue weighted by Crippen LogP contribution is -2.47. The van der Waals surface area contributed by atoms with Gasteiger partial charge in [0.2, 0.25) is 0 Å². The van der Waals surface area contributed by atoms with E-state index in [-0.39, 0.29) is 0 Å². The second kappa shape index (κ2) is 10.9. The number of nitrogens with zero attached hydrogens (tertiary/aromatic N) is 3. The molecule has 1 heterocycles. The van der Waals surface area contributed by atoms with E-state index < -0.39 is 0 Å². The van der Waals surface area contributed by atoms with E-state index >= 15 is 0 Å². The number of rotatable bonds is 9. The molecule has 0 bridgehead atoms. The maximum Gasteiger partial charge on any atom is 0.191 e. The molecule has 2 unspecified atom stereocenters. The van der Waals surface area contributed by atoms with Crippen molar-refractivity contribution < 1.29 is 0 Å². The molecule has 5 heteroatoms. The highest BCUT2D eigenvalue weighted by Crippen LogP contribution is 2.18. The van der Waals surface area contributed by atoms with Gasteiger partial charge in [0.25, 0.3) is 0 Å². The Morgan fingerprint density at radius 1 is 1.22 bits per heavy atom. The van der Waals surface area contributed by atoms with Gasteiger partial charge in [-0.05, 0) is 52.2 Å². The summed E-state index contributed by atoms with van der Waals surface area (Å²) in [7, 11) is 1.87. The molecule has 1 aliphatic rings. The standard InChI is InChI=1S/C18H39N5/c1-7-22(8-2)12-10-9-11-20-18(19-6)21-17-14-23(15(3)4)13-16(17)5/h15-17H,7-14H2,1-6H3,(H2,19,20,21). The number of nitrogens with one attached hydrogen (secondary N) is 2. The van der Waals surface area contributed by atoms with Gasteiger partial charge in [0, 0.05) is 38.8 Å². The average Bonchev–Trinajstić information content (AvgIpc) is 2.91. The molecule has 1 fully saturated rings. The first-order valence-corrected chi connectivity index (χ1v) is 9.45. The summed E-state index contributed by atoms with van der Waals surface area (Å²) in [6.07, 6.45) is 2.43. The van der Waals surface area contributed by atoms with Crippen LogP contribution in [0.2, 0.25) is 0 Å². The molecule has 0 spiro atoms. The van der Waals surface area contributed by atoms with Crippen LogP contribution in [0.25, 0.3) is 0 Å². The van der Waals surface area contributed by atoms with Crippen molar-refractivity contribution in [2.75, 3.05) is 46.3 Å². The molecule has 1 saturated heterocycles. The molecule has 1 rings (SSSR count). The molecular weight excluding hydrogens is 286 g/mol. The number of unbranched alkanes of at least 4 members (excludes halogenated alkanes) is 1. The number of likely N-dealkylation sites (tertiary alicyclic amines) is 1. The summed E-state index contributed by atoms with van der Waals surface area (Å²) in [5, 5.41) is 7.08. The van der Waals surface area contributed by atoms with E-state index in [1.165, 1.54) is 25.9 Å². The van der Waals surface area contributed by atoms with Crippen LogP contribution in [-0.2, 0) is 0 Å². The van der Waals surface area contributed by atoms with E-state index in [0.29, 0.717) is 18.0 Å². The molecule has 0 aromatic heterocycles. The van der Waals surface area contributed by atoms with Crippen LogP contribution in [0.4, 0.5) is 0 Å². The molecule has 0 aromatic rings. The molecule has 5 nitrogen and oxygen atoms in total. The van der Waals surface area contributed by atoms with Gasteiger partial charge < -0.3 is 15.5 Å². The molecule has 0 saturated carbocycles. The summed E-state index contributed by atoms with van der Waals surface area (Å²) in [6.45, 7) is 18.1. The van der Waals surface area contributed by atoms with E-state index in [2.05, 4.69) is 60.0 Å². The minimum atomic E-state index is 0.499. The Balaban J connectivity index is 2.25. The third-order valence-electron chi connectivity index (χ3n) is 5.00. The number of guanidine groups is 1. The second-order valence-corrected chi connectivity index (χ2v) is 7.01. The van der Waals surface area contributed by atoms with Crippen molar-refractivity contribution in [1.29, 1.82) is 0 Å². The molecule has 0 aliphatic carbocycles. The van der Waals surface area contributed by atoms with Crippen molar-refractivity contribution in [2.45, 2.75) is 59.5 Å². The van der Waals surface area contributed by atoms with Crippen LogP contribution in [0, 0.1) is 5.92 Å². The van der Waals surface area contributed by atoms with Crippen LogP contribution in [0.3, 0.4) is 0 Å². The molecule has 0 radical (unpaired) electrons. The fourth-order valence-electron chi connectivity index (χ4n) is 3.19. The van der Waals surface area contributed by atoms with Gasteiger partial charge in [0.15, 0.2) is 5.96 Å². The van der Waals surface area contributed by atoms with E-state index in [9.17, 15) is 0 Å². The zero-order chi connectivity index (χ0) is 17.2. The highest BCUT2D eigenvalue weighted by atomic mass is 15.3. The Morgan fingerprint density at radius 3 is 2.43 bits per heavy atom. The summed E-state index contributed by atoms with van der Waals surface area (Å²) in [5.41, 5.74) is 0. The first-order chi connectivity index (χ1) is 11.0. The lowest BCUT2D eigenvalue weighted by Gasteiger charge is -2.22. The molecular formula is C18H39N5. The van der Waals surface area contributed by atoms with E-state index in [4.69, 9.17) is 0 Å². The first kappa shape index (κ1) is 20.2. The van der Waals surface area contributed by atoms with Crippen molar-refractivity contribution in [3.8, 4) is 0 Å². The summed E-state index contributed by atoms with van der Waals surface area (Å²) in [4.78, 5) is 9.41. The zero-order valence-electron chi connectivity index (χ0n) is 16.2. The van der Waals surface area contributed by atoms with Crippen molar-refractivity contribution in [2.24, 2.45) is 10.9 Å². The van der Waals surface area contributed by atoms with Crippen LogP contribution in [0.15, 0.2) is 4.99 Å². The molecule has 23 heavy (non-hydrogen) atoms.